The van der Waals surface area contributed by atoms with Crippen molar-refractivity contribution in [1.82, 2.24) is 4.31 Å². The molecule has 3 nitrogen and oxygen atoms in total. The second-order valence-electron chi connectivity index (χ2n) is 4.42. The number of halogens is 2. The molecular weight excluding hydrogens is 426 g/mol. The Morgan fingerprint density at radius 2 is 1.95 bits per heavy atom. The Bertz CT molecular complexity index is 712. The summed E-state index contributed by atoms with van der Waals surface area (Å²) in [4.78, 5) is 0.271. The zero-order valence-electron chi connectivity index (χ0n) is 10.9. The fraction of sp³-hybridized carbons (Fsp3) is 0.231. The van der Waals surface area contributed by atoms with E-state index < -0.39 is 10.0 Å². The molecule has 0 aliphatic heterocycles. The minimum Gasteiger partial charge on any atom is -0.207 e. The van der Waals surface area contributed by atoms with Gasteiger partial charge in [0.15, 0.2) is 0 Å². The van der Waals surface area contributed by atoms with E-state index in [9.17, 15) is 8.42 Å². The lowest BCUT2D eigenvalue weighted by molar-refractivity contribution is 0.467. The number of benzene rings is 1. The standard InChI is InChI=1S/C13H13Br2NO2S2/c1-9-5-12(15)13(6-11(9)14)20(17,18)16(2)7-10-3-4-19-8-10/h3-6,8H,7H2,1-2H3. The van der Waals surface area contributed by atoms with Crippen molar-refractivity contribution in [2.75, 3.05) is 7.05 Å². The summed E-state index contributed by atoms with van der Waals surface area (Å²) in [5.41, 5.74) is 1.97. The van der Waals surface area contributed by atoms with Crippen molar-refractivity contribution in [3.05, 3.63) is 49.0 Å². The third-order valence-corrected chi connectivity index (χ3v) is 7.23. The minimum atomic E-state index is -3.52. The number of thiophene rings is 1. The average Bonchev–Trinajstić information content (AvgIpc) is 2.86. The highest BCUT2D eigenvalue weighted by molar-refractivity contribution is 9.11. The smallest absolute Gasteiger partial charge is 0.207 e. The number of hydrogen-bond donors (Lipinski definition) is 0. The van der Waals surface area contributed by atoms with Crippen molar-refractivity contribution in [2.24, 2.45) is 0 Å². The molecule has 7 heteroatoms. The van der Waals surface area contributed by atoms with Gasteiger partial charge in [-0.3, -0.25) is 0 Å². The lowest BCUT2D eigenvalue weighted by Gasteiger charge is -2.18. The Morgan fingerprint density at radius 1 is 1.25 bits per heavy atom. The Labute approximate surface area is 139 Å². The van der Waals surface area contributed by atoms with Gasteiger partial charge in [0, 0.05) is 22.5 Å². The van der Waals surface area contributed by atoms with Gasteiger partial charge in [-0.1, -0.05) is 15.9 Å². The van der Waals surface area contributed by atoms with Crippen LogP contribution in [0.25, 0.3) is 0 Å². The van der Waals surface area contributed by atoms with Crippen LogP contribution in [0.5, 0.6) is 0 Å². The van der Waals surface area contributed by atoms with Gasteiger partial charge in [-0.15, -0.1) is 0 Å². The van der Waals surface area contributed by atoms with E-state index in [1.165, 1.54) is 4.31 Å². The topological polar surface area (TPSA) is 37.4 Å². The molecular formula is C13H13Br2NO2S2. The van der Waals surface area contributed by atoms with Gasteiger partial charge in [-0.2, -0.15) is 15.6 Å². The van der Waals surface area contributed by atoms with E-state index in [2.05, 4.69) is 31.9 Å². The molecule has 20 heavy (non-hydrogen) atoms. The first-order valence-electron chi connectivity index (χ1n) is 5.75. The second-order valence-corrected chi connectivity index (χ2v) is 8.93. The summed E-state index contributed by atoms with van der Waals surface area (Å²) < 4.78 is 28.0. The van der Waals surface area contributed by atoms with Crippen LogP contribution in [-0.4, -0.2) is 19.8 Å². The second kappa shape index (κ2) is 6.27. The third-order valence-electron chi connectivity index (χ3n) is 2.89. The van der Waals surface area contributed by atoms with Gasteiger partial charge in [0.05, 0.1) is 4.90 Å². The van der Waals surface area contributed by atoms with Gasteiger partial charge >= 0.3 is 0 Å². The highest BCUT2D eigenvalue weighted by Crippen LogP contribution is 2.31. The maximum absolute atomic E-state index is 12.6. The van der Waals surface area contributed by atoms with Crippen molar-refractivity contribution in [2.45, 2.75) is 18.4 Å². The Balaban J connectivity index is 2.37. The number of nitrogens with zero attached hydrogens (tertiary/aromatic N) is 1. The Kier molecular flexibility index (Phi) is 5.07. The number of aryl methyl sites for hydroxylation is 1. The van der Waals surface area contributed by atoms with Gasteiger partial charge < -0.3 is 0 Å². The molecule has 1 heterocycles. The number of sulfonamides is 1. The van der Waals surface area contributed by atoms with Crippen LogP contribution in [0.1, 0.15) is 11.1 Å². The zero-order valence-corrected chi connectivity index (χ0v) is 15.7. The van der Waals surface area contributed by atoms with Gasteiger partial charge in [0.1, 0.15) is 0 Å². The number of rotatable bonds is 4. The fourth-order valence-corrected chi connectivity index (χ4v) is 5.17. The molecule has 2 aromatic rings. The summed E-state index contributed by atoms with van der Waals surface area (Å²) >= 11 is 8.28. The molecule has 0 saturated heterocycles. The van der Waals surface area contributed by atoms with Crippen LogP contribution in [0.4, 0.5) is 0 Å². The van der Waals surface area contributed by atoms with Crippen LogP contribution in [0.3, 0.4) is 0 Å². The van der Waals surface area contributed by atoms with E-state index in [1.54, 1.807) is 30.5 Å². The van der Waals surface area contributed by atoms with Crippen LogP contribution >= 0.6 is 43.2 Å². The first-order valence-corrected chi connectivity index (χ1v) is 9.72. The molecule has 0 spiro atoms. The van der Waals surface area contributed by atoms with Gasteiger partial charge in [-0.25, -0.2) is 8.42 Å². The molecule has 0 aliphatic carbocycles. The maximum Gasteiger partial charge on any atom is 0.244 e. The normalized spacial score (nSPS) is 12.1. The summed E-state index contributed by atoms with van der Waals surface area (Å²) in [5.74, 6) is 0. The van der Waals surface area contributed by atoms with Crippen LogP contribution in [-0.2, 0) is 16.6 Å². The van der Waals surface area contributed by atoms with E-state index in [-0.39, 0.29) is 4.90 Å². The molecule has 0 aliphatic rings. The molecule has 0 fully saturated rings. The number of hydrogen-bond acceptors (Lipinski definition) is 3. The van der Waals surface area contributed by atoms with Crippen molar-refractivity contribution in [3.8, 4) is 0 Å². The van der Waals surface area contributed by atoms with Crippen LogP contribution < -0.4 is 0 Å². The quantitative estimate of drug-likeness (QED) is 0.709. The zero-order chi connectivity index (χ0) is 14.9. The predicted octanol–water partition coefficient (Wildman–Crippen LogP) is 4.40. The van der Waals surface area contributed by atoms with Crippen molar-refractivity contribution in [1.29, 1.82) is 0 Å². The van der Waals surface area contributed by atoms with Crippen LogP contribution in [0, 0.1) is 6.92 Å². The summed E-state index contributed by atoms with van der Waals surface area (Å²) in [6, 6.07) is 5.37. The molecule has 0 saturated carbocycles. The molecule has 108 valence electrons. The summed E-state index contributed by atoms with van der Waals surface area (Å²) in [6.07, 6.45) is 0. The molecule has 0 unspecified atom stereocenters. The fourth-order valence-electron chi connectivity index (χ4n) is 1.72. The molecule has 0 N–H and O–H groups in total. The third kappa shape index (κ3) is 3.33. The largest absolute Gasteiger partial charge is 0.244 e. The first-order chi connectivity index (χ1) is 9.32. The van der Waals surface area contributed by atoms with Gasteiger partial charge in [0.25, 0.3) is 0 Å². The van der Waals surface area contributed by atoms with E-state index in [0.717, 1.165) is 15.6 Å². The van der Waals surface area contributed by atoms with E-state index >= 15 is 0 Å². The van der Waals surface area contributed by atoms with Crippen LogP contribution in [0.2, 0.25) is 0 Å². The lowest BCUT2D eigenvalue weighted by Crippen LogP contribution is -2.26. The first kappa shape index (κ1) is 16.2. The van der Waals surface area contributed by atoms with Crippen molar-refractivity contribution >= 4 is 53.2 Å². The van der Waals surface area contributed by atoms with E-state index in [0.29, 0.717) is 11.0 Å². The highest BCUT2D eigenvalue weighted by Gasteiger charge is 2.24. The molecule has 0 radical (unpaired) electrons. The maximum atomic E-state index is 12.6. The molecule has 1 aromatic carbocycles. The van der Waals surface area contributed by atoms with Gasteiger partial charge in [-0.05, 0) is 62.9 Å². The Morgan fingerprint density at radius 3 is 2.55 bits per heavy atom. The van der Waals surface area contributed by atoms with Crippen molar-refractivity contribution in [3.63, 3.8) is 0 Å². The molecule has 0 amide bonds. The van der Waals surface area contributed by atoms with Gasteiger partial charge in [0.2, 0.25) is 10.0 Å². The van der Waals surface area contributed by atoms with Crippen LogP contribution in [0.15, 0.2) is 42.8 Å². The summed E-state index contributed by atoms with van der Waals surface area (Å²) in [6.45, 7) is 2.28. The lowest BCUT2D eigenvalue weighted by atomic mass is 10.2. The monoisotopic (exact) mass is 437 g/mol. The molecule has 2 rings (SSSR count). The average molecular weight is 439 g/mol. The SMILES string of the molecule is Cc1cc(Br)c(S(=O)(=O)N(C)Cc2ccsc2)cc1Br. The molecule has 0 bridgehead atoms. The highest BCUT2D eigenvalue weighted by atomic mass is 79.9. The summed E-state index contributed by atoms with van der Waals surface area (Å²) in [7, 11) is -1.93. The molecule has 0 atom stereocenters. The minimum absolute atomic E-state index is 0.271. The Hall–Kier alpha value is -0.210. The summed E-state index contributed by atoms with van der Waals surface area (Å²) in [5, 5.41) is 3.89. The van der Waals surface area contributed by atoms with Crippen molar-refractivity contribution < 1.29 is 8.42 Å². The molecule has 1 aromatic heterocycles. The predicted molar refractivity (Wildman–Crippen MR) is 89.6 cm³/mol. The van der Waals surface area contributed by atoms with E-state index in [4.69, 9.17) is 0 Å². The van der Waals surface area contributed by atoms with E-state index in [1.807, 2.05) is 23.8 Å².